The first kappa shape index (κ1) is 12.6. The van der Waals surface area contributed by atoms with Gasteiger partial charge in [-0.15, -0.1) is 0 Å². The van der Waals surface area contributed by atoms with Crippen molar-refractivity contribution in [2.75, 3.05) is 0 Å². The second-order valence-electron chi connectivity index (χ2n) is 4.13. The Morgan fingerprint density at radius 2 is 1.89 bits per heavy atom. The van der Waals surface area contributed by atoms with Gasteiger partial charge in [0.05, 0.1) is 12.2 Å². The molecule has 0 amide bonds. The van der Waals surface area contributed by atoms with E-state index in [0.29, 0.717) is 5.15 Å². The van der Waals surface area contributed by atoms with Crippen LogP contribution in [-0.4, -0.2) is 18.9 Å². The average Bonchev–Trinajstić information content (AvgIpc) is 2.56. The van der Waals surface area contributed by atoms with E-state index in [1.165, 1.54) is 20.9 Å². The molecule has 96 valence electrons. The van der Waals surface area contributed by atoms with Crippen LogP contribution in [0.2, 0.25) is 5.15 Å². The quantitative estimate of drug-likeness (QED) is 0.736. The second-order valence-corrected chi connectivity index (χ2v) is 4.48. The van der Waals surface area contributed by atoms with Gasteiger partial charge < -0.3 is 9.13 Å². The van der Waals surface area contributed by atoms with Gasteiger partial charge in [0, 0.05) is 32.1 Å². The predicted octanol–water partition coefficient (Wildman–Crippen LogP) is 0.291. The molecule has 2 rings (SSSR count). The number of hydrogen-bond donors (Lipinski definition) is 0. The third-order valence-corrected chi connectivity index (χ3v) is 3.31. The molecule has 18 heavy (non-hydrogen) atoms. The van der Waals surface area contributed by atoms with Gasteiger partial charge >= 0.3 is 11.1 Å². The maximum Gasteiger partial charge on any atom is 0.316 e. The maximum atomic E-state index is 11.8. The Labute approximate surface area is 108 Å². The van der Waals surface area contributed by atoms with Crippen molar-refractivity contribution in [1.29, 1.82) is 0 Å². The normalized spacial score (nSPS) is 10.9. The van der Waals surface area contributed by atoms with Gasteiger partial charge in [0.1, 0.15) is 5.15 Å². The van der Waals surface area contributed by atoms with Crippen LogP contribution in [0.25, 0.3) is 0 Å². The Hall–Kier alpha value is -1.82. The number of hydrogen-bond acceptors (Lipinski definition) is 3. The highest BCUT2D eigenvalue weighted by Gasteiger charge is 2.13. The molecule has 2 aromatic rings. The first-order chi connectivity index (χ1) is 8.41. The minimum Gasteiger partial charge on any atom is -0.312 e. The molecule has 0 radical (unpaired) electrons. The minimum absolute atomic E-state index is 0.243. The molecule has 0 saturated carbocycles. The summed E-state index contributed by atoms with van der Waals surface area (Å²) in [4.78, 5) is 23.3. The Kier molecular flexibility index (Phi) is 3.13. The lowest BCUT2D eigenvalue weighted by Gasteiger charge is -2.06. The first-order valence-electron chi connectivity index (χ1n) is 5.36. The average molecular weight is 269 g/mol. The van der Waals surface area contributed by atoms with Crippen LogP contribution in [0.1, 0.15) is 11.3 Å². The van der Waals surface area contributed by atoms with Crippen molar-refractivity contribution >= 4 is 11.6 Å². The standard InChI is InChI=1S/C11H13ClN4O2/c1-7-8(9(12)15(3)13-7)6-16-5-4-14(2)10(17)11(16)18/h4-5H,6H2,1-3H3. The summed E-state index contributed by atoms with van der Waals surface area (Å²) in [7, 11) is 3.27. The van der Waals surface area contributed by atoms with E-state index in [2.05, 4.69) is 5.10 Å². The molecule has 6 nitrogen and oxygen atoms in total. The van der Waals surface area contributed by atoms with Crippen LogP contribution in [0, 0.1) is 6.92 Å². The zero-order valence-electron chi connectivity index (χ0n) is 10.3. The van der Waals surface area contributed by atoms with E-state index >= 15 is 0 Å². The van der Waals surface area contributed by atoms with Gasteiger partial charge in [0.15, 0.2) is 0 Å². The Morgan fingerprint density at radius 3 is 2.44 bits per heavy atom. The van der Waals surface area contributed by atoms with Crippen molar-refractivity contribution in [2.45, 2.75) is 13.5 Å². The molecule has 2 aromatic heterocycles. The zero-order chi connectivity index (χ0) is 13.4. The van der Waals surface area contributed by atoms with E-state index in [0.717, 1.165) is 11.3 Å². The number of aryl methyl sites for hydroxylation is 3. The van der Waals surface area contributed by atoms with Crippen molar-refractivity contribution in [1.82, 2.24) is 18.9 Å². The molecule has 0 aliphatic rings. The molecule has 0 aliphatic carbocycles. The van der Waals surface area contributed by atoms with Gasteiger partial charge in [-0.3, -0.25) is 14.3 Å². The second kappa shape index (κ2) is 4.45. The summed E-state index contributed by atoms with van der Waals surface area (Å²) in [6.45, 7) is 2.06. The molecule has 0 N–H and O–H groups in total. The third-order valence-electron chi connectivity index (χ3n) is 2.83. The highest BCUT2D eigenvalue weighted by atomic mass is 35.5. The molecule has 7 heteroatoms. The molecule has 0 spiro atoms. The van der Waals surface area contributed by atoms with Crippen LogP contribution in [0.3, 0.4) is 0 Å². The Balaban J connectivity index is 2.50. The molecule has 0 aliphatic heterocycles. The van der Waals surface area contributed by atoms with Gasteiger partial charge in [-0.05, 0) is 6.92 Å². The van der Waals surface area contributed by atoms with Gasteiger partial charge in [0.25, 0.3) is 0 Å². The van der Waals surface area contributed by atoms with Crippen LogP contribution < -0.4 is 11.1 Å². The number of halogens is 1. The molecule has 0 unspecified atom stereocenters. The molecular formula is C11H13ClN4O2. The lowest BCUT2D eigenvalue weighted by molar-refractivity contribution is 0.693. The molecule has 0 bridgehead atoms. The Bertz CT molecular complexity index is 711. The summed E-state index contributed by atoms with van der Waals surface area (Å²) in [6.07, 6.45) is 3.11. The summed E-state index contributed by atoms with van der Waals surface area (Å²) in [6, 6.07) is 0. The minimum atomic E-state index is -0.570. The summed E-state index contributed by atoms with van der Waals surface area (Å²) in [5, 5.41) is 4.63. The van der Waals surface area contributed by atoms with Crippen LogP contribution in [0.4, 0.5) is 0 Å². The summed E-state index contributed by atoms with van der Waals surface area (Å²) in [5.41, 5.74) is 0.360. The van der Waals surface area contributed by atoms with Gasteiger partial charge in [-0.2, -0.15) is 5.10 Å². The smallest absolute Gasteiger partial charge is 0.312 e. The summed E-state index contributed by atoms with van der Waals surface area (Å²) in [5.74, 6) is 0. The molecule has 0 saturated heterocycles. The first-order valence-corrected chi connectivity index (χ1v) is 5.73. The fraction of sp³-hybridized carbons (Fsp3) is 0.364. The lowest BCUT2D eigenvalue weighted by Crippen LogP contribution is -2.39. The zero-order valence-corrected chi connectivity index (χ0v) is 11.1. The third kappa shape index (κ3) is 1.99. The van der Waals surface area contributed by atoms with Crippen molar-refractivity contribution in [3.05, 3.63) is 49.5 Å². The van der Waals surface area contributed by atoms with Crippen molar-refractivity contribution in [3.63, 3.8) is 0 Å². The summed E-state index contributed by atoms with van der Waals surface area (Å²) >= 11 is 6.09. The van der Waals surface area contributed by atoms with Gasteiger partial charge in [-0.25, -0.2) is 0 Å². The number of rotatable bonds is 2. The highest BCUT2D eigenvalue weighted by Crippen LogP contribution is 2.18. The van der Waals surface area contributed by atoms with E-state index in [1.807, 2.05) is 6.92 Å². The number of aromatic nitrogens is 4. The van der Waals surface area contributed by atoms with Crippen LogP contribution >= 0.6 is 11.6 Å². The van der Waals surface area contributed by atoms with E-state index in [1.54, 1.807) is 19.4 Å². The van der Waals surface area contributed by atoms with Gasteiger partial charge in [-0.1, -0.05) is 11.6 Å². The van der Waals surface area contributed by atoms with Gasteiger partial charge in [0.2, 0.25) is 0 Å². The Morgan fingerprint density at radius 1 is 1.22 bits per heavy atom. The monoisotopic (exact) mass is 268 g/mol. The van der Waals surface area contributed by atoms with E-state index < -0.39 is 11.1 Å². The van der Waals surface area contributed by atoms with Crippen molar-refractivity contribution in [3.8, 4) is 0 Å². The molecule has 2 heterocycles. The fourth-order valence-corrected chi connectivity index (χ4v) is 1.97. The van der Waals surface area contributed by atoms with Crippen LogP contribution in [0.15, 0.2) is 22.0 Å². The number of nitrogens with zero attached hydrogens (tertiary/aromatic N) is 4. The highest BCUT2D eigenvalue weighted by molar-refractivity contribution is 6.30. The van der Waals surface area contributed by atoms with Crippen molar-refractivity contribution < 1.29 is 0 Å². The summed E-state index contributed by atoms with van der Waals surface area (Å²) < 4.78 is 4.12. The van der Waals surface area contributed by atoms with Crippen molar-refractivity contribution in [2.24, 2.45) is 14.1 Å². The maximum absolute atomic E-state index is 11.8. The molecular weight excluding hydrogens is 256 g/mol. The largest absolute Gasteiger partial charge is 0.316 e. The molecule has 0 atom stereocenters. The predicted molar refractivity (Wildman–Crippen MR) is 68.0 cm³/mol. The molecule has 0 aromatic carbocycles. The van der Waals surface area contributed by atoms with E-state index in [-0.39, 0.29) is 6.54 Å². The fourth-order valence-electron chi connectivity index (χ4n) is 1.74. The van der Waals surface area contributed by atoms with E-state index in [4.69, 9.17) is 11.6 Å². The van der Waals surface area contributed by atoms with E-state index in [9.17, 15) is 9.59 Å². The van der Waals surface area contributed by atoms with Crippen LogP contribution in [0.5, 0.6) is 0 Å². The molecule has 0 fully saturated rings. The topological polar surface area (TPSA) is 61.8 Å². The van der Waals surface area contributed by atoms with Crippen LogP contribution in [-0.2, 0) is 20.6 Å². The lowest BCUT2D eigenvalue weighted by atomic mass is 10.2. The SMILES string of the molecule is Cc1nn(C)c(Cl)c1Cn1ccn(C)c(=O)c1=O.